The monoisotopic (exact) mass is 482 g/mol. The number of nitrogens with zero attached hydrogens (tertiary/aromatic N) is 2. The molecule has 1 aromatic heterocycles. The van der Waals surface area contributed by atoms with Gasteiger partial charge < -0.3 is 14.5 Å². The minimum Gasteiger partial charge on any atom is -0.491 e. The molecule has 0 spiro atoms. The fourth-order valence-electron chi connectivity index (χ4n) is 4.12. The number of fused-ring (bicyclic) bond motifs is 1. The third-order valence-electron chi connectivity index (χ3n) is 5.76. The summed E-state index contributed by atoms with van der Waals surface area (Å²) in [5.41, 5.74) is 1.73. The molecule has 1 unspecified atom stereocenters. The number of amides is 2. The maximum atomic E-state index is 13.5. The zero-order valence-electron chi connectivity index (χ0n) is 18.6. The highest BCUT2D eigenvalue weighted by Crippen LogP contribution is 2.34. The average molecular weight is 483 g/mol. The Hall–Kier alpha value is -2.83. The lowest BCUT2D eigenvalue weighted by Gasteiger charge is -2.37. The number of halogens is 1. The van der Waals surface area contributed by atoms with Crippen LogP contribution in [0.3, 0.4) is 0 Å². The molecule has 0 radical (unpaired) electrons. The van der Waals surface area contributed by atoms with E-state index in [-0.39, 0.29) is 24.4 Å². The van der Waals surface area contributed by atoms with Crippen molar-refractivity contribution in [3.8, 4) is 5.75 Å². The summed E-state index contributed by atoms with van der Waals surface area (Å²) in [4.78, 5) is 31.3. The van der Waals surface area contributed by atoms with Crippen LogP contribution in [-0.2, 0) is 11.2 Å². The molecule has 1 atom stereocenters. The predicted octanol–water partition coefficient (Wildman–Crippen LogP) is 5.46. The molecular formula is C26H27ClN2O3S. The molecule has 172 valence electrons. The first-order valence-corrected chi connectivity index (χ1v) is 12.4. The molecule has 5 nitrogen and oxygen atoms in total. The Labute approximate surface area is 203 Å². The standard InChI is InChI=1S/C26H27ClN2O3S/c1-2-14-28(26(31)19-6-4-3-5-7-19)17-25(30)29-15-12-24-22(13-16-33-24)23(29)18-32-21-10-8-20(27)9-11-21/h3-11,13,16,23H,2,12,14-15,17-18H2,1H3. The lowest BCUT2D eigenvalue weighted by molar-refractivity contribution is -0.135. The molecule has 1 aliphatic rings. The summed E-state index contributed by atoms with van der Waals surface area (Å²) in [6, 6.07) is 18.2. The fourth-order valence-corrected chi connectivity index (χ4v) is 5.17. The van der Waals surface area contributed by atoms with E-state index < -0.39 is 0 Å². The van der Waals surface area contributed by atoms with Gasteiger partial charge in [-0.3, -0.25) is 9.59 Å². The highest BCUT2D eigenvalue weighted by molar-refractivity contribution is 7.10. The molecule has 0 fully saturated rings. The van der Waals surface area contributed by atoms with Crippen LogP contribution in [0, 0.1) is 0 Å². The Morgan fingerprint density at radius 2 is 1.88 bits per heavy atom. The maximum Gasteiger partial charge on any atom is 0.254 e. The number of ether oxygens (including phenoxy) is 1. The number of thiophene rings is 1. The summed E-state index contributed by atoms with van der Waals surface area (Å²) >= 11 is 7.70. The van der Waals surface area contributed by atoms with Gasteiger partial charge in [-0.1, -0.05) is 36.7 Å². The molecule has 2 aromatic carbocycles. The van der Waals surface area contributed by atoms with Crippen LogP contribution in [0.4, 0.5) is 0 Å². The normalized spacial score (nSPS) is 15.1. The van der Waals surface area contributed by atoms with Crippen molar-refractivity contribution in [2.24, 2.45) is 0 Å². The molecule has 1 aliphatic heterocycles. The molecule has 0 N–H and O–H groups in total. The summed E-state index contributed by atoms with van der Waals surface area (Å²) in [7, 11) is 0. The van der Waals surface area contributed by atoms with Crippen molar-refractivity contribution in [3.05, 3.63) is 87.1 Å². The van der Waals surface area contributed by atoms with E-state index >= 15 is 0 Å². The smallest absolute Gasteiger partial charge is 0.254 e. The van der Waals surface area contributed by atoms with Gasteiger partial charge in [-0.25, -0.2) is 0 Å². The van der Waals surface area contributed by atoms with Crippen LogP contribution in [0.1, 0.15) is 40.2 Å². The van der Waals surface area contributed by atoms with Gasteiger partial charge in [0.1, 0.15) is 18.9 Å². The first-order valence-electron chi connectivity index (χ1n) is 11.1. The largest absolute Gasteiger partial charge is 0.491 e. The van der Waals surface area contributed by atoms with Crippen molar-refractivity contribution in [1.29, 1.82) is 0 Å². The lowest BCUT2D eigenvalue weighted by Crippen LogP contribution is -2.48. The van der Waals surface area contributed by atoms with Crippen molar-refractivity contribution in [3.63, 3.8) is 0 Å². The topological polar surface area (TPSA) is 49.9 Å². The lowest BCUT2D eigenvalue weighted by atomic mass is 10.0. The molecule has 4 rings (SSSR count). The fraction of sp³-hybridized carbons (Fsp3) is 0.308. The third-order valence-corrected chi connectivity index (χ3v) is 7.01. The van der Waals surface area contributed by atoms with Crippen molar-refractivity contribution in [1.82, 2.24) is 9.80 Å². The second-order valence-electron chi connectivity index (χ2n) is 8.01. The Morgan fingerprint density at radius 3 is 2.61 bits per heavy atom. The van der Waals surface area contributed by atoms with E-state index in [9.17, 15) is 9.59 Å². The van der Waals surface area contributed by atoms with Gasteiger partial charge in [0, 0.05) is 28.6 Å². The molecule has 7 heteroatoms. The molecule has 0 aliphatic carbocycles. The van der Waals surface area contributed by atoms with E-state index in [4.69, 9.17) is 16.3 Å². The molecule has 33 heavy (non-hydrogen) atoms. The molecule has 2 heterocycles. The first kappa shape index (κ1) is 23.3. The molecule has 0 bridgehead atoms. The van der Waals surface area contributed by atoms with Gasteiger partial charge in [0.15, 0.2) is 0 Å². The third kappa shape index (κ3) is 5.57. The number of rotatable bonds is 8. The van der Waals surface area contributed by atoms with Crippen LogP contribution in [0.2, 0.25) is 5.02 Å². The van der Waals surface area contributed by atoms with E-state index in [0.29, 0.717) is 36.0 Å². The Balaban J connectivity index is 1.51. The van der Waals surface area contributed by atoms with Gasteiger partial charge >= 0.3 is 0 Å². The van der Waals surface area contributed by atoms with Crippen LogP contribution in [-0.4, -0.2) is 47.9 Å². The first-order chi connectivity index (χ1) is 16.1. The predicted molar refractivity (Wildman–Crippen MR) is 132 cm³/mol. The van der Waals surface area contributed by atoms with Gasteiger partial charge in [-0.2, -0.15) is 0 Å². The van der Waals surface area contributed by atoms with Gasteiger partial charge in [0.25, 0.3) is 5.91 Å². The summed E-state index contributed by atoms with van der Waals surface area (Å²) < 4.78 is 6.05. The Kier molecular flexibility index (Phi) is 7.68. The highest BCUT2D eigenvalue weighted by Gasteiger charge is 2.33. The summed E-state index contributed by atoms with van der Waals surface area (Å²) in [5.74, 6) is 0.531. The molecule has 2 amide bonds. The van der Waals surface area contributed by atoms with Crippen LogP contribution in [0.15, 0.2) is 66.0 Å². The summed E-state index contributed by atoms with van der Waals surface area (Å²) in [6.07, 6.45) is 1.60. The van der Waals surface area contributed by atoms with Crippen molar-refractivity contribution in [2.75, 3.05) is 26.2 Å². The maximum absolute atomic E-state index is 13.5. The van der Waals surface area contributed by atoms with Crippen LogP contribution in [0.25, 0.3) is 0 Å². The van der Waals surface area contributed by atoms with E-state index in [1.165, 1.54) is 4.88 Å². The minimum atomic E-state index is -0.196. The zero-order chi connectivity index (χ0) is 23.2. The quantitative estimate of drug-likeness (QED) is 0.428. The van der Waals surface area contributed by atoms with Crippen LogP contribution < -0.4 is 4.74 Å². The van der Waals surface area contributed by atoms with Crippen molar-refractivity contribution in [2.45, 2.75) is 25.8 Å². The van der Waals surface area contributed by atoms with E-state index in [0.717, 1.165) is 18.4 Å². The number of carbonyl (C=O) groups excluding carboxylic acids is 2. The molecule has 0 saturated carbocycles. The second-order valence-corrected chi connectivity index (χ2v) is 9.45. The Morgan fingerprint density at radius 1 is 1.12 bits per heavy atom. The second kappa shape index (κ2) is 10.9. The number of hydrogen-bond acceptors (Lipinski definition) is 4. The van der Waals surface area contributed by atoms with E-state index in [2.05, 4.69) is 11.4 Å². The highest BCUT2D eigenvalue weighted by atomic mass is 35.5. The number of hydrogen-bond donors (Lipinski definition) is 0. The van der Waals surface area contributed by atoms with Gasteiger partial charge in [0.2, 0.25) is 5.91 Å². The number of carbonyl (C=O) groups is 2. The molecule has 0 saturated heterocycles. The summed E-state index contributed by atoms with van der Waals surface area (Å²) in [5, 5.41) is 2.71. The number of benzene rings is 2. The van der Waals surface area contributed by atoms with Crippen LogP contribution >= 0.6 is 22.9 Å². The molecular weight excluding hydrogens is 456 g/mol. The van der Waals surface area contributed by atoms with Crippen molar-refractivity contribution < 1.29 is 14.3 Å². The SMILES string of the molecule is CCCN(CC(=O)N1CCc2sccc2C1COc1ccc(Cl)cc1)C(=O)c1ccccc1. The summed E-state index contributed by atoms with van der Waals surface area (Å²) in [6.45, 7) is 3.55. The Bertz CT molecular complexity index is 1080. The van der Waals surface area contributed by atoms with Gasteiger partial charge in [-0.15, -0.1) is 11.3 Å². The average Bonchev–Trinajstić information content (AvgIpc) is 3.32. The zero-order valence-corrected chi connectivity index (χ0v) is 20.1. The van der Waals surface area contributed by atoms with Crippen LogP contribution in [0.5, 0.6) is 5.75 Å². The molecule has 3 aromatic rings. The van der Waals surface area contributed by atoms with E-state index in [1.54, 1.807) is 40.5 Å². The van der Waals surface area contributed by atoms with E-state index in [1.807, 2.05) is 42.2 Å². The van der Waals surface area contributed by atoms with Crippen molar-refractivity contribution >= 4 is 34.8 Å². The van der Waals surface area contributed by atoms with Gasteiger partial charge in [0.05, 0.1) is 6.04 Å². The van der Waals surface area contributed by atoms with Gasteiger partial charge in [-0.05, 0) is 66.2 Å². The minimum absolute atomic E-state index is 0.0541.